The van der Waals surface area contributed by atoms with Crippen molar-refractivity contribution in [3.05, 3.63) is 70.8 Å². The van der Waals surface area contributed by atoms with Crippen molar-refractivity contribution in [2.75, 3.05) is 26.4 Å². The van der Waals surface area contributed by atoms with Gasteiger partial charge in [0.15, 0.2) is 0 Å². The molecule has 276 valence electrons. The zero-order valence-corrected chi connectivity index (χ0v) is 36.0. The highest BCUT2D eigenvalue weighted by molar-refractivity contribution is 8.01. The van der Waals surface area contributed by atoms with Crippen molar-refractivity contribution in [2.24, 2.45) is 0 Å². The first kappa shape index (κ1) is 37.8. The lowest BCUT2D eigenvalue weighted by Crippen LogP contribution is -2.14. The molecule has 0 aliphatic carbocycles. The molecule has 12 bridgehead atoms. The molecule has 0 amide bonds. The van der Waals surface area contributed by atoms with Gasteiger partial charge in [0, 0.05) is 0 Å². The molecule has 7 rings (SSSR count). The Morgan fingerprint density at radius 1 is 0.308 bits per heavy atom. The van der Waals surface area contributed by atoms with Crippen LogP contribution in [0, 0.1) is 0 Å². The minimum Gasteiger partial charge on any atom is -0.488 e. The maximum atomic E-state index is 6.76. The molecule has 0 N–H and O–H groups in total. The van der Waals surface area contributed by atoms with E-state index in [2.05, 4.69) is 132 Å². The highest BCUT2D eigenvalue weighted by Crippen LogP contribution is 2.56. The van der Waals surface area contributed by atoms with E-state index < -0.39 is 0 Å². The molecule has 0 saturated heterocycles. The van der Waals surface area contributed by atoms with Crippen molar-refractivity contribution in [3.63, 3.8) is 0 Å². The Bertz CT molecular complexity index is 1750. The average Bonchev–Trinajstić information content (AvgIpc) is 3.17. The molecule has 4 nitrogen and oxygen atoms in total. The summed E-state index contributed by atoms with van der Waals surface area (Å²) in [6.07, 6.45) is 0. The Kier molecular flexibility index (Phi) is 9.92. The van der Waals surface area contributed by atoms with Gasteiger partial charge in [0.05, 0.1) is 39.2 Å². The van der Waals surface area contributed by atoms with Gasteiger partial charge in [0.25, 0.3) is 0 Å². The molecule has 3 aliphatic heterocycles. The van der Waals surface area contributed by atoms with E-state index in [0.717, 1.165) is 62.2 Å². The molecule has 0 spiro atoms. The third-order valence-corrected chi connectivity index (χ3v) is 13.8. The van der Waals surface area contributed by atoms with Gasteiger partial charge in [-0.1, -0.05) is 130 Å². The number of hydrogen-bond acceptors (Lipinski definition) is 8. The molecule has 0 atom stereocenters. The third-order valence-electron chi connectivity index (χ3n) is 9.58. The van der Waals surface area contributed by atoms with Crippen LogP contribution in [0.15, 0.2) is 87.7 Å². The van der Waals surface area contributed by atoms with Crippen LogP contribution >= 0.6 is 47.0 Å². The second-order valence-electron chi connectivity index (χ2n) is 18.0. The van der Waals surface area contributed by atoms with E-state index in [1.54, 1.807) is 47.0 Å². The molecule has 0 aromatic heterocycles. The normalized spacial score (nSPS) is 16.1. The summed E-state index contributed by atoms with van der Waals surface area (Å²) >= 11 is 7.02. The second-order valence-corrected chi connectivity index (χ2v) is 22.3. The van der Waals surface area contributed by atoms with E-state index in [-0.39, 0.29) is 21.7 Å². The molecule has 0 fully saturated rings. The topological polar surface area (TPSA) is 36.9 Å². The quantitative estimate of drug-likeness (QED) is 0.154. The highest BCUT2D eigenvalue weighted by atomic mass is 32.2. The second kappa shape index (κ2) is 13.6. The van der Waals surface area contributed by atoms with Crippen LogP contribution in [0.2, 0.25) is 0 Å². The maximum Gasteiger partial charge on any atom is 0.147 e. The molecule has 0 radical (unpaired) electrons. The van der Waals surface area contributed by atoms with Crippen LogP contribution in [0.5, 0.6) is 23.0 Å². The van der Waals surface area contributed by atoms with Crippen LogP contribution in [0.25, 0.3) is 0 Å². The van der Waals surface area contributed by atoms with Gasteiger partial charge in [-0.05, 0) is 92.4 Å². The fourth-order valence-corrected chi connectivity index (χ4v) is 11.0. The van der Waals surface area contributed by atoms with Crippen LogP contribution in [0.1, 0.15) is 105 Å². The van der Waals surface area contributed by atoms with Crippen LogP contribution in [-0.4, -0.2) is 26.4 Å². The Balaban J connectivity index is 1.61. The maximum absolute atomic E-state index is 6.76. The molecule has 3 aliphatic rings. The Morgan fingerprint density at radius 2 is 0.462 bits per heavy atom. The van der Waals surface area contributed by atoms with Crippen molar-refractivity contribution in [2.45, 2.75) is 144 Å². The van der Waals surface area contributed by atoms with Gasteiger partial charge in [0.1, 0.15) is 49.4 Å². The van der Waals surface area contributed by atoms with Crippen LogP contribution < -0.4 is 18.9 Å². The largest absolute Gasteiger partial charge is 0.488 e. The van der Waals surface area contributed by atoms with Crippen LogP contribution in [0.4, 0.5) is 0 Å². The Labute approximate surface area is 328 Å². The summed E-state index contributed by atoms with van der Waals surface area (Å²) in [6, 6.07) is 18.7. The molecule has 4 aromatic carbocycles. The van der Waals surface area contributed by atoms with Crippen LogP contribution in [0.3, 0.4) is 0 Å². The van der Waals surface area contributed by atoms with Crippen molar-refractivity contribution in [3.8, 4) is 23.0 Å². The average molecular weight is 773 g/mol. The minimum absolute atomic E-state index is 0.0780. The van der Waals surface area contributed by atoms with Gasteiger partial charge in [-0.15, -0.1) is 0 Å². The molecular formula is C44H52O4S4. The molecule has 3 heterocycles. The van der Waals surface area contributed by atoms with Crippen LogP contribution in [-0.2, 0) is 21.7 Å². The molecule has 8 heteroatoms. The molecule has 0 unspecified atom stereocenters. The predicted molar refractivity (Wildman–Crippen MR) is 219 cm³/mol. The van der Waals surface area contributed by atoms with Gasteiger partial charge >= 0.3 is 0 Å². The SMILES string of the molecule is CC(C)(C)c1cc2c3c(c1)Sc1cc(C(C)(C)C)cc4c1OCCOc1c(cc(C(C)(C)C)cc1Sc1cc(C(C)(C)C)cc(c1OCCO3)S2)S4. The van der Waals surface area contributed by atoms with Crippen molar-refractivity contribution in [1.82, 2.24) is 0 Å². The van der Waals surface area contributed by atoms with Gasteiger partial charge in [0.2, 0.25) is 0 Å². The van der Waals surface area contributed by atoms with Crippen molar-refractivity contribution >= 4 is 47.0 Å². The van der Waals surface area contributed by atoms with E-state index in [9.17, 15) is 0 Å². The zero-order chi connectivity index (χ0) is 37.4. The van der Waals surface area contributed by atoms with E-state index in [1.807, 2.05) is 0 Å². The lowest BCUT2D eigenvalue weighted by Gasteiger charge is -2.27. The Hall–Kier alpha value is -2.52. The number of benzene rings is 4. The number of rotatable bonds is 0. The molecular weight excluding hydrogens is 721 g/mol. The molecule has 4 aromatic rings. The summed E-state index contributed by atoms with van der Waals surface area (Å²) in [4.78, 5) is 8.75. The molecule has 0 saturated carbocycles. The monoisotopic (exact) mass is 772 g/mol. The highest BCUT2D eigenvalue weighted by Gasteiger charge is 2.31. The first-order chi connectivity index (χ1) is 24.3. The fraction of sp³-hybridized carbons (Fsp3) is 0.455. The standard InChI is InChI=1S/C44H52O4S4/c1-41(2,3)25-17-29-37-33(21-25)51-34-22-27(43(7,8)9)19-31-39(34)47-15-16-48-40-32(50-31)20-28(44(10,11)12)24-36(40)52-35-23-26(42(4,5)6)18-30(49-29)38(35)46-14-13-45-37/h17-24H,13-16H2,1-12H3. The first-order valence-electron chi connectivity index (χ1n) is 18.2. The summed E-state index contributed by atoms with van der Waals surface area (Å²) in [5.41, 5.74) is 4.74. The van der Waals surface area contributed by atoms with E-state index >= 15 is 0 Å². The van der Waals surface area contributed by atoms with E-state index in [1.165, 1.54) is 22.3 Å². The van der Waals surface area contributed by atoms with Gasteiger partial charge < -0.3 is 18.9 Å². The van der Waals surface area contributed by atoms with Gasteiger partial charge in [-0.25, -0.2) is 0 Å². The zero-order valence-electron chi connectivity index (χ0n) is 32.7. The predicted octanol–water partition coefficient (Wildman–Crippen LogP) is 13.3. The number of hydrogen-bond donors (Lipinski definition) is 0. The summed E-state index contributed by atoms with van der Waals surface area (Å²) in [5.74, 6) is 3.60. The smallest absolute Gasteiger partial charge is 0.147 e. The summed E-state index contributed by atoms with van der Waals surface area (Å²) < 4.78 is 27.0. The van der Waals surface area contributed by atoms with E-state index in [0.29, 0.717) is 26.4 Å². The summed E-state index contributed by atoms with van der Waals surface area (Å²) in [7, 11) is 0. The minimum atomic E-state index is -0.0780. The lowest BCUT2D eigenvalue weighted by atomic mass is 9.87. The first-order valence-corrected chi connectivity index (χ1v) is 21.5. The van der Waals surface area contributed by atoms with E-state index in [4.69, 9.17) is 18.9 Å². The summed E-state index contributed by atoms with van der Waals surface area (Å²) in [5, 5.41) is 0. The van der Waals surface area contributed by atoms with Gasteiger partial charge in [-0.2, -0.15) is 0 Å². The Morgan fingerprint density at radius 3 is 0.596 bits per heavy atom. The van der Waals surface area contributed by atoms with Gasteiger partial charge in [-0.3, -0.25) is 0 Å². The number of ether oxygens (including phenoxy) is 4. The van der Waals surface area contributed by atoms with Crippen molar-refractivity contribution < 1.29 is 18.9 Å². The van der Waals surface area contributed by atoms with Crippen molar-refractivity contribution in [1.29, 1.82) is 0 Å². The summed E-state index contributed by atoms with van der Waals surface area (Å²) in [6.45, 7) is 29.2. The fourth-order valence-electron chi connectivity index (χ4n) is 6.26. The lowest BCUT2D eigenvalue weighted by molar-refractivity contribution is 0.204. The third kappa shape index (κ3) is 7.69. The molecule has 52 heavy (non-hydrogen) atoms.